The summed E-state index contributed by atoms with van der Waals surface area (Å²) < 4.78 is 0.448. The number of fused-ring (bicyclic) bond motifs is 1. The molecule has 6 nitrogen and oxygen atoms in total. The molecule has 122 valence electrons. The maximum Gasteiger partial charge on any atom is 0.141 e. The SMILES string of the molecule is C[N+]1(C(CC#N)C2CCCC2)C=C(c2ncnc3[nH]ccc23)C=N1. The first-order valence-corrected chi connectivity index (χ1v) is 8.51. The molecule has 2 aliphatic rings. The molecule has 0 bridgehead atoms. The first kappa shape index (κ1) is 15.0. The van der Waals surface area contributed by atoms with Crippen LogP contribution in [0.2, 0.25) is 0 Å². The van der Waals surface area contributed by atoms with Gasteiger partial charge in [0.2, 0.25) is 0 Å². The number of quaternary nitrogens is 1. The van der Waals surface area contributed by atoms with Crippen molar-refractivity contribution in [2.24, 2.45) is 11.0 Å². The fourth-order valence-electron chi connectivity index (χ4n) is 4.15. The van der Waals surface area contributed by atoms with Crippen LogP contribution in [0.3, 0.4) is 0 Å². The number of hydrogen-bond acceptors (Lipinski definition) is 4. The van der Waals surface area contributed by atoms with Gasteiger partial charge in [0.25, 0.3) is 0 Å². The molecule has 4 rings (SSSR count). The summed E-state index contributed by atoms with van der Waals surface area (Å²) in [4.78, 5) is 11.8. The van der Waals surface area contributed by atoms with Gasteiger partial charge >= 0.3 is 0 Å². The van der Waals surface area contributed by atoms with Gasteiger partial charge in [0, 0.05) is 17.5 Å². The summed E-state index contributed by atoms with van der Waals surface area (Å²) in [5.74, 6) is 0.570. The van der Waals surface area contributed by atoms with E-state index in [9.17, 15) is 5.26 Å². The van der Waals surface area contributed by atoms with Crippen LogP contribution in [0.15, 0.2) is 29.9 Å². The summed E-state index contributed by atoms with van der Waals surface area (Å²) in [6.07, 6.45) is 13.0. The number of hydrogen-bond donors (Lipinski definition) is 1. The van der Waals surface area contributed by atoms with Gasteiger partial charge in [-0.05, 0) is 18.9 Å². The molecular weight excluding hydrogens is 300 g/mol. The number of nitrogens with one attached hydrogen (secondary N) is 1. The fraction of sp³-hybridized carbons (Fsp3) is 0.444. The molecule has 1 aliphatic carbocycles. The van der Waals surface area contributed by atoms with Gasteiger partial charge in [0.1, 0.15) is 24.2 Å². The van der Waals surface area contributed by atoms with Crippen LogP contribution >= 0.6 is 0 Å². The summed E-state index contributed by atoms with van der Waals surface area (Å²) in [7, 11) is 2.10. The lowest BCUT2D eigenvalue weighted by Gasteiger charge is -2.33. The van der Waals surface area contributed by atoms with E-state index in [1.54, 1.807) is 6.33 Å². The Kier molecular flexibility index (Phi) is 3.66. The van der Waals surface area contributed by atoms with Crippen molar-refractivity contribution >= 4 is 22.8 Å². The topological polar surface area (TPSA) is 77.7 Å². The summed E-state index contributed by atoms with van der Waals surface area (Å²) in [5, 5.41) is 15.1. The van der Waals surface area contributed by atoms with E-state index in [2.05, 4.69) is 34.3 Å². The number of aromatic nitrogens is 3. The van der Waals surface area contributed by atoms with Crippen LogP contribution in [0.5, 0.6) is 0 Å². The largest absolute Gasteiger partial charge is 0.346 e. The molecule has 2 aromatic rings. The zero-order valence-corrected chi connectivity index (χ0v) is 13.8. The van der Waals surface area contributed by atoms with Gasteiger partial charge in [-0.25, -0.2) is 9.97 Å². The molecule has 1 fully saturated rings. The first-order chi connectivity index (χ1) is 11.7. The summed E-state index contributed by atoms with van der Waals surface area (Å²) in [6, 6.07) is 4.59. The standard InChI is InChI=1S/C18H21N6/c1-24(16(6-8-19)13-4-2-3-5-13)11-14(10-23-24)17-15-7-9-20-18(15)22-12-21-17/h7,9-13,16H,2-6H2,1H3,(H,20,21,22)/q+1. The average Bonchev–Trinajstić information content (AvgIpc) is 3.32. The molecule has 2 unspecified atom stereocenters. The minimum Gasteiger partial charge on any atom is -0.346 e. The summed E-state index contributed by atoms with van der Waals surface area (Å²) >= 11 is 0. The maximum absolute atomic E-state index is 9.31. The number of aromatic amines is 1. The first-order valence-electron chi connectivity index (χ1n) is 8.51. The highest BCUT2D eigenvalue weighted by Gasteiger charge is 2.42. The van der Waals surface area contributed by atoms with Gasteiger partial charge in [-0.3, -0.25) is 0 Å². The molecule has 2 aromatic heterocycles. The number of nitriles is 1. The summed E-state index contributed by atoms with van der Waals surface area (Å²) in [5.41, 5.74) is 2.74. The van der Waals surface area contributed by atoms with E-state index in [0.717, 1.165) is 22.3 Å². The van der Waals surface area contributed by atoms with E-state index in [1.165, 1.54) is 25.7 Å². The minimum absolute atomic E-state index is 0.217. The van der Waals surface area contributed by atoms with Crippen molar-refractivity contribution in [1.29, 1.82) is 5.26 Å². The number of allylic oxidation sites excluding steroid dienone is 1. The Labute approximate surface area is 141 Å². The second kappa shape index (κ2) is 5.84. The van der Waals surface area contributed by atoms with Crippen molar-refractivity contribution in [3.63, 3.8) is 0 Å². The van der Waals surface area contributed by atoms with Crippen LogP contribution in [0, 0.1) is 17.2 Å². The second-order valence-electron chi connectivity index (χ2n) is 6.86. The van der Waals surface area contributed by atoms with Crippen LogP contribution in [-0.2, 0) is 0 Å². The van der Waals surface area contributed by atoms with Crippen molar-refractivity contribution in [1.82, 2.24) is 15.0 Å². The highest BCUT2D eigenvalue weighted by atomic mass is 15.6. The number of nitrogens with zero attached hydrogens (tertiary/aromatic N) is 5. The smallest absolute Gasteiger partial charge is 0.141 e. The van der Waals surface area contributed by atoms with E-state index >= 15 is 0 Å². The molecule has 0 saturated heterocycles. The van der Waals surface area contributed by atoms with Gasteiger partial charge in [-0.15, -0.1) is 0 Å². The van der Waals surface area contributed by atoms with Crippen molar-refractivity contribution in [3.8, 4) is 6.07 Å². The van der Waals surface area contributed by atoms with E-state index in [4.69, 9.17) is 5.10 Å². The fourth-order valence-corrected chi connectivity index (χ4v) is 4.15. The van der Waals surface area contributed by atoms with Gasteiger partial charge in [0.05, 0.1) is 37.0 Å². The normalized spacial score (nSPS) is 25.1. The van der Waals surface area contributed by atoms with Crippen LogP contribution in [0.4, 0.5) is 0 Å². The molecule has 0 spiro atoms. The lowest BCUT2D eigenvalue weighted by molar-refractivity contribution is -0.892. The molecule has 1 aliphatic heterocycles. The van der Waals surface area contributed by atoms with Crippen molar-refractivity contribution in [2.75, 3.05) is 7.05 Å². The van der Waals surface area contributed by atoms with E-state index in [-0.39, 0.29) is 6.04 Å². The molecule has 1 N–H and O–H groups in total. The molecule has 6 heteroatoms. The van der Waals surface area contributed by atoms with Gasteiger partial charge in [-0.1, -0.05) is 17.9 Å². The van der Waals surface area contributed by atoms with Crippen LogP contribution in [0.25, 0.3) is 16.6 Å². The Morgan fingerprint density at radius 2 is 2.21 bits per heavy atom. The molecule has 0 aromatic carbocycles. The van der Waals surface area contributed by atoms with Crippen LogP contribution < -0.4 is 0 Å². The highest BCUT2D eigenvalue weighted by Crippen LogP contribution is 2.38. The van der Waals surface area contributed by atoms with E-state index < -0.39 is 0 Å². The number of rotatable bonds is 4. The van der Waals surface area contributed by atoms with Gasteiger partial charge < -0.3 is 4.98 Å². The zero-order chi connectivity index (χ0) is 16.6. The molecular formula is C18H21N6+. The Hall–Kier alpha value is -2.52. The van der Waals surface area contributed by atoms with Crippen molar-refractivity contribution in [3.05, 3.63) is 30.5 Å². The highest BCUT2D eigenvalue weighted by molar-refractivity contribution is 6.13. The molecule has 1 saturated carbocycles. The molecule has 2 atom stereocenters. The molecule has 3 heterocycles. The Balaban J connectivity index is 1.71. The van der Waals surface area contributed by atoms with E-state index in [0.29, 0.717) is 16.9 Å². The molecule has 24 heavy (non-hydrogen) atoms. The average molecular weight is 321 g/mol. The lowest BCUT2D eigenvalue weighted by atomic mass is 9.94. The zero-order valence-electron chi connectivity index (χ0n) is 13.8. The quantitative estimate of drug-likeness (QED) is 0.878. The third-order valence-corrected chi connectivity index (χ3v) is 5.39. The predicted octanol–water partition coefficient (Wildman–Crippen LogP) is 3.22. The number of H-pyrrole nitrogens is 1. The maximum atomic E-state index is 9.31. The lowest BCUT2D eigenvalue weighted by Crippen LogP contribution is -2.45. The van der Waals surface area contributed by atoms with Crippen LogP contribution in [-0.4, -0.2) is 38.8 Å². The van der Waals surface area contributed by atoms with Crippen LogP contribution in [0.1, 0.15) is 37.8 Å². The molecule has 0 radical (unpaired) electrons. The van der Waals surface area contributed by atoms with Crippen molar-refractivity contribution < 1.29 is 4.59 Å². The predicted molar refractivity (Wildman–Crippen MR) is 92.5 cm³/mol. The van der Waals surface area contributed by atoms with E-state index in [1.807, 2.05) is 18.5 Å². The summed E-state index contributed by atoms with van der Waals surface area (Å²) in [6.45, 7) is 0. The van der Waals surface area contributed by atoms with Gasteiger partial charge in [0.15, 0.2) is 0 Å². The molecule has 0 amide bonds. The minimum atomic E-state index is 0.217. The van der Waals surface area contributed by atoms with Gasteiger partial charge in [-0.2, -0.15) is 9.85 Å². The third kappa shape index (κ3) is 2.42. The second-order valence-corrected chi connectivity index (χ2v) is 6.86. The Bertz CT molecular complexity index is 852. The third-order valence-electron chi connectivity index (χ3n) is 5.39. The Morgan fingerprint density at radius 1 is 1.38 bits per heavy atom. The van der Waals surface area contributed by atoms with Crippen molar-refractivity contribution in [2.45, 2.75) is 38.1 Å². The Morgan fingerprint density at radius 3 is 3.00 bits per heavy atom. The monoisotopic (exact) mass is 321 g/mol.